The Morgan fingerprint density at radius 2 is 2.50 bits per heavy atom. The van der Waals surface area contributed by atoms with Gasteiger partial charge in [0.05, 0.1) is 0 Å². The van der Waals surface area contributed by atoms with E-state index in [1.165, 1.54) is 11.3 Å². The van der Waals surface area contributed by atoms with Crippen molar-refractivity contribution in [1.82, 2.24) is 4.98 Å². The normalized spacial score (nSPS) is 20.9. The maximum absolute atomic E-state index is 8.82. The Kier molecular flexibility index (Phi) is 2.09. The summed E-state index contributed by atoms with van der Waals surface area (Å²) in [7, 11) is 0. The number of fused-ring (bicyclic) bond motifs is 1. The summed E-state index contributed by atoms with van der Waals surface area (Å²) in [4.78, 5) is 4.35. The van der Waals surface area contributed by atoms with Crippen LogP contribution in [0.25, 0.3) is 0 Å². The first-order chi connectivity index (χ1) is 5.92. The molecule has 1 N–H and O–H groups in total. The number of aryl methyl sites for hydroxylation is 1. The van der Waals surface area contributed by atoms with Crippen LogP contribution >= 0.6 is 0 Å². The third kappa shape index (κ3) is 1.23. The molecule has 0 aliphatic heterocycles. The first kappa shape index (κ1) is 7.74. The molecule has 1 unspecified atom stereocenters. The predicted octanol–water partition coefficient (Wildman–Crippen LogP) is 1.49. The molecule has 0 aromatic carbocycles. The fraction of sp³-hybridized carbons (Fsp3) is 0.500. The van der Waals surface area contributed by atoms with Gasteiger partial charge in [-0.3, -0.25) is 4.98 Å². The summed E-state index contributed by atoms with van der Waals surface area (Å²) in [5, 5.41) is 8.82. The smallest absolute Gasteiger partial charge is 0.0467 e. The largest absolute Gasteiger partial charge is 0.396 e. The van der Waals surface area contributed by atoms with E-state index < -0.39 is 0 Å². The zero-order chi connectivity index (χ0) is 8.39. The molecule has 64 valence electrons. The quantitative estimate of drug-likeness (QED) is 0.716. The summed E-state index contributed by atoms with van der Waals surface area (Å²) in [5.74, 6) is 0.506. The molecule has 12 heavy (non-hydrogen) atoms. The number of hydrogen-bond acceptors (Lipinski definition) is 2. The lowest BCUT2D eigenvalue weighted by molar-refractivity contribution is 0.274. The molecule has 0 spiro atoms. The number of aliphatic hydroxyl groups is 1. The highest BCUT2D eigenvalue weighted by Gasteiger charge is 2.22. The van der Waals surface area contributed by atoms with E-state index in [1.54, 1.807) is 0 Å². The van der Waals surface area contributed by atoms with Gasteiger partial charge in [-0.2, -0.15) is 0 Å². The Balaban J connectivity index is 2.24. The van der Waals surface area contributed by atoms with Crippen LogP contribution in [0.1, 0.15) is 30.0 Å². The lowest BCUT2D eigenvalue weighted by Crippen LogP contribution is -1.98. The van der Waals surface area contributed by atoms with E-state index in [9.17, 15) is 0 Å². The van der Waals surface area contributed by atoms with E-state index in [4.69, 9.17) is 5.11 Å². The van der Waals surface area contributed by atoms with E-state index in [1.807, 2.05) is 12.3 Å². The number of rotatable bonds is 2. The van der Waals surface area contributed by atoms with E-state index in [2.05, 4.69) is 11.1 Å². The lowest BCUT2D eigenvalue weighted by Gasteiger charge is -2.06. The Bertz CT molecular complexity index is 270. The molecule has 1 atom stereocenters. The fourth-order valence-corrected chi connectivity index (χ4v) is 1.93. The Morgan fingerprint density at radius 3 is 3.33 bits per heavy atom. The highest BCUT2D eigenvalue weighted by atomic mass is 16.3. The van der Waals surface area contributed by atoms with Crippen LogP contribution in [0.4, 0.5) is 0 Å². The summed E-state index contributed by atoms with van der Waals surface area (Å²) in [6.45, 7) is 0.278. The van der Waals surface area contributed by atoms with Gasteiger partial charge in [0.2, 0.25) is 0 Å². The van der Waals surface area contributed by atoms with Gasteiger partial charge >= 0.3 is 0 Å². The predicted molar refractivity (Wildman–Crippen MR) is 47.0 cm³/mol. The summed E-state index contributed by atoms with van der Waals surface area (Å²) >= 11 is 0. The van der Waals surface area contributed by atoms with Gasteiger partial charge in [-0.15, -0.1) is 0 Å². The Morgan fingerprint density at radius 1 is 1.58 bits per heavy atom. The third-order valence-electron chi connectivity index (χ3n) is 2.55. The SMILES string of the molecule is OCCC1CCc2cccnc21. The van der Waals surface area contributed by atoms with E-state index in [-0.39, 0.29) is 6.61 Å². The van der Waals surface area contributed by atoms with Crippen LogP contribution < -0.4 is 0 Å². The molecule has 1 aromatic rings. The molecular formula is C10H13NO. The standard InChI is InChI=1S/C10H13NO/c12-7-5-9-4-3-8-2-1-6-11-10(8)9/h1-2,6,9,12H,3-5,7H2. The first-order valence-corrected chi connectivity index (χ1v) is 4.46. The second-order valence-electron chi connectivity index (χ2n) is 3.30. The van der Waals surface area contributed by atoms with Crippen LogP contribution in [-0.4, -0.2) is 16.7 Å². The number of pyridine rings is 1. The Hall–Kier alpha value is -0.890. The van der Waals surface area contributed by atoms with Crippen LogP contribution in [0.2, 0.25) is 0 Å². The van der Waals surface area contributed by atoms with Gasteiger partial charge in [-0.05, 0) is 30.9 Å². The third-order valence-corrected chi connectivity index (χ3v) is 2.55. The van der Waals surface area contributed by atoms with Crippen LogP contribution in [0.5, 0.6) is 0 Å². The summed E-state index contributed by atoms with van der Waals surface area (Å²) in [6.07, 6.45) is 5.00. The summed E-state index contributed by atoms with van der Waals surface area (Å²) < 4.78 is 0. The molecule has 1 aliphatic rings. The number of nitrogens with zero attached hydrogens (tertiary/aromatic N) is 1. The molecular weight excluding hydrogens is 150 g/mol. The maximum Gasteiger partial charge on any atom is 0.0467 e. The monoisotopic (exact) mass is 163 g/mol. The molecule has 0 amide bonds. The van der Waals surface area contributed by atoms with Gasteiger partial charge in [0.1, 0.15) is 0 Å². The average Bonchev–Trinajstić information content (AvgIpc) is 2.50. The minimum Gasteiger partial charge on any atom is -0.396 e. The molecule has 0 bridgehead atoms. The molecule has 0 radical (unpaired) electrons. The van der Waals surface area contributed by atoms with Gasteiger partial charge in [0, 0.05) is 24.4 Å². The molecule has 0 saturated carbocycles. The van der Waals surface area contributed by atoms with Gasteiger partial charge < -0.3 is 5.11 Å². The van der Waals surface area contributed by atoms with E-state index in [0.29, 0.717) is 5.92 Å². The molecule has 2 rings (SSSR count). The van der Waals surface area contributed by atoms with Crippen LogP contribution in [0.3, 0.4) is 0 Å². The van der Waals surface area contributed by atoms with Crippen molar-refractivity contribution in [3.8, 4) is 0 Å². The highest BCUT2D eigenvalue weighted by Crippen LogP contribution is 2.32. The number of aliphatic hydroxyl groups excluding tert-OH is 1. The molecule has 0 saturated heterocycles. The van der Waals surface area contributed by atoms with Crippen LogP contribution in [0.15, 0.2) is 18.3 Å². The van der Waals surface area contributed by atoms with Gasteiger partial charge in [0.15, 0.2) is 0 Å². The lowest BCUT2D eigenvalue weighted by atomic mass is 10.0. The Labute approximate surface area is 72.3 Å². The van der Waals surface area contributed by atoms with Crippen LogP contribution in [0, 0.1) is 0 Å². The second-order valence-corrected chi connectivity index (χ2v) is 3.30. The molecule has 0 fully saturated rings. The van der Waals surface area contributed by atoms with E-state index >= 15 is 0 Å². The minimum atomic E-state index is 0.278. The van der Waals surface area contributed by atoms with Crippen molar-refractivity contribution in [1.29, 1.82) is 0 Å². The summed E-state index contributed by atoms with van der Waals surface area (Å²) in [5.41, 5.74) is 2.59. The molecule has 1 heterocycles. The molecule has 1 aliphatic carbocycles. The van der Waals surface area contributed by atoms with E-state index in [0.717, 1.165) is 19.3 Å². The van der Waals surface area contributed by atoms with Gasteiger partial charge in [0.25, 0.3) is 0 Å². The average molecular weight is 163 g/mol. The zero-order valence-corrected chi connectivity index (χ0v) is 7.03. The second kappa shape index (κ2) is 3.23. The van der Waals surface area contributed by atoms with Crippen molar-refractivity contribution in [2.45, 2.75) is 25.2 Å². The topological polar surface area (TPSA) is 33.1 Å². The molecule has 2 heteroatoms. The first-order valence-electron chi connectivity index (χ1n) is 4.46. The summed E-state index contributed by atoms with van der Waals surface area (Å²) in [6, 6.07) is 4.12. The van der Waals surface area contributed by atoms with Crippen molar-refractivity contribution in [3.05, 3.63) is 29.6 Å². The van der Waals surface area contributed by atoms with Crippen molar-refractivity contribution >= 4 is 0 Å². The van der Waals surface area contributed by atoms with Crippen molar-refractivity contribution in [3.63, 3.8) is 0 Å². The van der Waals surface area contributed by atoms with Gasteiger partial charge in [-0.25, -0.2) is 0 Å². The molecule has 2 nitrogen and oxygen atoms in total. The zero-order valence-electron chi connectivity index (χ0n) is 7.03. The minimum absolute atomic E-state index is 0.278. The molecule has 1 aromatic heterocycles. The highest BCUT2D eigenvalue weighted by molar-refractivity contribution is 5.28. The maximum atomic E-state index is 8.82. The van der Waals surface area contributed by atoms with Crippen molar-refractivity contribution in [2.75, 3.05) is 6.61 Å². The van der Waals surface area contributed by atoms with Crippen LogP contribution in [-0.2, 0) is 6.42 Å². The van der Waals surface area contributed by atoms with Crippen molar-refractivity contribution in [2.24, 2.45) is 0 Å². The fourth-order valence-electron chi connectivity index (χ4n) is 1.93. The van der Waals surface area contributed by atoms with Crippen molar-refractivity contribution < 1.29 is 5.11 Å². The number of hydrogen-bond donors (Lipinski definition) is 1. The van der Waals surface area contributed by atoms with Gasteiger partial charge in [-0.1, -0.05) is 6.07 Å². The number of aromatic nitrogens is 1.